The van der Waals surface area contributed by atoms with Gasteiger partial charge < -0.3 is 5.32 Å². The van der Waals surface area contributed by atoms with Crippen LogP contribution >= 0.6 is 27.5 Å². The van der Waals surface area contributed by atoms with Gasteiger partial charge in [0.25, 0.3) is 0 Å². The van der Waals surface area contributed by atoms with Gasteiger partial charge in [0.1, 0.15) is 0 Å². The summed E-state index contributed by atoms with van der Waals surface area (Å²) in [5.74, 6) is 0.523. The number of benzene rings is 1. The Morgan fingerprint density at radius 2 is 2.24 bits per heavy atom. The van der Waals surface area contributed by atoms with Crippen LogP contribution in [0.2, 0.25) is 5.02 Å². The van der Waals surface area contributed by atoms with Crippen LogP contribution in [0.5, 0.6) is 0 Å². The SMILES string of the molecule is O=S1(=O)CCC(NCc2cc(Br)ccc2Cl)C1. The molecule has 1 atom stereocenters. The maximum absolute atomic E-state index is 11.3. The molecule has 6 heteroatoms. The second-order valence-electron chi connectivity index (χ2n) is 4.22. The fourth-order valence-corrected chi connectivity index (χ4v) is 4.19. The quantitative estimate of drug-likeness (QED) is 0.920. The highest BCUT2D eigenvalue weighted by Crippen LogP contribution is 2.21. The van der Waals surface area contributed by atoms with Gasteiger partial charge in [-0.15, -0.1) is 0 Å². The third-order valence-electron chi connectivity index (χ3n) is 2.82. The monoisotopic (exact) mass is 337 g/mol. The van der Waals surface area contributed by atoms with Crippen molar-refractivity contribution in [1.29, 1.82) is 0 Å². The molecular formula is C11H13BrClNO2S. The smallest absolute Gasteiger partial charge is 0.151 e. The Morgan fingerprint density at radius 3 is 2.88 bits per heavy atom. The van der Waals surface area contributed by atoms with Gasteiger partial charge in [0, 0.05) is 22.1 Å². The fraction of sp³-hybridized carbons (Fsp3) is 0.455. The molecule has 0 aromatic heterocycles. The third kappa shape index (κ3) is 3.68. The minimum Gasteiger partial charge on any atom is -0.309 e. The predicted octanol–water partition coefficient (Wildman–Crippen LogP) is 2.38. The third-order valence-corrected chi connectivity index (χ3v) is 5.45. The molecule has 1 N–H and O–H groups in total. The average Bonchev–Trinajstić information content (AvgIpc) is 2.60. The molecule has 3 nitrogen and oxygen atoms in total. The van der Waals surface area contributed by atoms with E-state index in [2.05, 4.69) is 21.2 Å². The summed E-state index contributed by atoms with van der Waals surface area (Å²) in [7, 11) is -2.82. The summed E-state index contributed by atoms with van der Waals surface area (Å²) in [5.41, 5.74) is 0.977. The van der Waals surface area contributed by atoms with Gasteiger partial charge in [0.15, 0.2) is 9.84 Å². The van der Waals surface area contributed by atoms with Gasteiger partial charge in [-0.2, -0.15) is 0 Å². The number of nitrogens with one attached hydrogen (secondary N) is 1. The van der Waals surface area contributed by atoms with Gasteiger partial charge in [0.05, 0.1) is 11.5 Å². The molecule has 1 aromatic carbocycles. The zero-order chi connectivity index (χ0) is 12.5. The van der Waals surface area contributed by atoms with Crippen LogP contribution in [0.15, 0.2) is 22.7 Å². The first kappa shape index (κ1) is 13.3. The van der Waals surface area contributed by atoms with Crippen LogP contribution in [-0.4, -0.2) is 26.0 Å². The summed E-state index contributed by atoms with van der Waals surface area (Å²) < 4.78 is 23.6. The Morgan fingerprint density at radius 1 is 1.47 bits per heavy atom. The Labute approximate surface area is 115 Å². The van der Waals surface area contributed by atoms with Crippen molar-refractivity contribution in [2.24, 2.45) is 0 Å². The molecule has 2 rings (SSSR count). The van der Waals surface area contributed by atoms with Crippen LogP contribution in [0, 0.1) is 0 Å². The molecule has 1 unspecified atom stereocenters. The minimum absolute atomic E-state index is 0.0510. The summed E-state index contributed by atoms with van der Waals surface area (Å²) in [4.78, 5) is 0. The van der Waals surface area contributed by atoms with Crippen LogP contribution in [0.4, 0.5) is 0 Å². The van der Waals surface area contributed by atoms with Gasteiger partial charge in [-0.3, -0.25) is 0 Å². The standard InChI is InChI=1S/C11H13BrClNO2S/c12-9-1-2-11(13)8(5-9)6-14-10-3-4-17(15,16)7-10/h1-2,5,10,14H,3-4,6-7H2. The lowest BCUT2D eigenvalue weighted by molar-refractivity contribution is 0.554. The van der Waals surface area contributed by atoms with Gasteiger partial charge in [0.2, 0.25) is 0 Å². The molecular weight excluding hydrogens is 326 g/mol. The first-order valence-electron chi connectivity index (χ1n) is 5.34. The van der Waals surface area contributed by atoms with E-state index in [9.17, 15) is 8.42 Å². The summed E-state index contributed by atoms with van der Waals surface area (Å²) >= 11 is 9.44. The molecule has 0 aliphatic carbocycles. The maximum Gasteiger partial charge on any atom is 0.151 e. The number of hydrogen-bond acceptors (Lipinski definition) is 3. The Bertz CT molecular complexity index is 518. The van der Waals surface area contributed by atoms with Crippen molar-refractivity contribution >= 4 is 37.4 Å². The number of hydrogen-bond donors (Lipinski definition) is 1. The van der Waals surface area contributed by atoms with Gasteiger partial charge in [-0.1, -0.05) is 27.5 Å². The lowest BCUT2D eigenvalue weighted by atomic mass is 10.2. The van der Waals surface area contributed by atoms with Crippen LogP contribution < -0.4 is 5.32 Å². The van der Waals surface area contributed by atoms with E-state index in [1.807, 2.05) is 18.2 Å². The van der Waals surface area contributed by atoms with Crippen molar-refractivity contribution in [2.75, 3.05) is 11.5 Å². The molecule has 0 spiro atoms. The topological polar surface area (TPSA) is 46.2 Å². The first-order valence-corrected chi connectivity index (χ1v) is 8.33. The summed E-state index contributed by atoms with van der Waals surface area (Å²) in [6, 6.07) is 5.70. The summed E-state index contributed by atoms with van der Waals surface area (Å²) in [6.07, 6.45) is 0.688. The lowest BCUT2D eigenvalue weighted by Gasteiger charge is -2.11. The summed E-state index contributed by atoms with van der Waals surface area (Å²) in [6.45, 7) is 0.596. The van der Waals surface area contributed by atoms with Gasteiger partial charge in [-0.05, 0) is 30.2 Å². The number of halogens is 2. The molecule has 94 valence electrons. The van der Waals surface area contributed by atoms with E-state index < -0.39 is 9.84 Å². The van der Waals surface area contributed by atoms with Crippen LogP contribution in [0.1, 0.15) is 12.0 Å². The highest BCUT2D eigenvalue weighted by molar-refractivity contribution is 9.10. The zero-order valence-electron chi connectivity index (χ0n) is 9.12. The fourth-order valence-electron chi connectivity index (χ4n) is 1.89. The Balaban J connectivity index is 1.97. The van der Waals surface area contributed by atoms with Gasteiger partial charge in [-0.25, -0.2) is 8.42 Å². The second kappa shape index (κ2) is 5.26. The van der Waals surface area contributed by atoms with E-state index >= 15 is 0 Å². The number of rotatable bonds is 3. The van der Waals surface area contributed by atoms with Crippen molar-refractivity contribution in [3.63, 3.8) is 0 Å². The molecule has 17 heavy (non-hydrogen) atoms. The lowest BCUT2D eigenvalue weighted by Crippen LogP contribution is -2.29. The van der Waals surface area contributed by atoms with E-state index in [-0.39, 0.29) is 17.5 Å². The molecule has 1 aliphatic heterocycles. The molecule has 0 radical (unpaired) electrons. The minimum atomic E-state index is -2.82. The molecule has 0 saturated carbocycles. The predicted molar refractivity (Wildman–Crippen MR) is 73.1 cm³/mol. The summed E-state index contributed by atoms with van der Waals surface area (Å²) in [5, 5.41) is 3.93. The van der Waals surface area contributed by atoms with Crippen molar-refractivity contribution in [1.82, 2.24) is 5.32 Å². The van der Waals surface area contributed by atoms with Gasteiger partial charge >= 0.3 is 0 Å². The van der Waals surface area contributed by atoms with E-state index in [1.165, 1.54) is 0 Å². The van der Waals surface area contributed by atoms with Crippen molar-refractivity contribution in [3.05, 3.63) is 33.3 Å². The Hall–Kier alpha value is -0.100. The first-order chi connectivity index (χ1) is 7.96. The van der Waals surface area contributed by atoms with Crippen LogP contribution in [-0.2, 0) is 16.4 Å². The average molecular weight is 339 g/mol. The molecule has 1 aliphatic rings. The van der Waals surface area contributed by atoms with E-state index in [4.69, 9.17) is 11.6 Å². The Kier molecular flexibility index (Phi) is 4.13. The second-order valence-corrected chi connectivity index (χ2v) is 7.77. The largest absolute Gasteiger partial charge is 0.309 e. The number of sulfone groups is 1. The maximum atomic E-state index is 11.3. The molecule has 1 fully saturated rings. The van der Waals surface area contributed by atoms with E-state index in [1.54, 1.807) is 0 Å². The highest BCUT2D eigenvalue weighted by atomic mass is 79.9. The van der Waals surface area contributed by atoms with Crippen molar-refractivity contribution < 1.29 is 8.42 Å². The molecule has 1 heterocycles. The highest BCUT2D eigenvalue weighted by Gasteiger charge is 2.27. The molecule has 1 saturated heterocycles. The van der Waals surface area contributed by atoms with Crippen molar-refractivity contribution in [3.8, 4) is 0 Å². The van der Waals surface area contributed by atoms with E-state index in [0.717, 1.165) is 10.0 Å². The van der Waals surface area contributed by atoms with E-state index in [0.29, 0.717) is 18.0 Å². The van der Waals surface area contributed by atoms with Crippen LogP contribution in [0.3, 0.4) is 0 Å². The van der Waals surface area contributed by atoms with Crippen LogP contribution in [0.25, 0.3) is 0 Å². The van der Waals surface area contributed by atoms with Crippen molar-refractivity contribution in [2.45, 2.75) is 19.0 Å². The molecule has 0 bridgehead atoms. The molecule has 1 aromatic rings. The normalized spacial score (nSPS) is 22.8. The molecule has 0 amide bonds. The zero-order valence-corrected chi connectivity index (χ0v) is 12.3.